The Morgan fingerprint density at radius 2 is 1.77 bits per heavy atom. The lowest BCUT2D eigenvalue weighted by Gasteiger charge is -2.06. The predicted molar refractivity (Wildman–Crippen MR) is 97.7 cm³/mol. The third kappa shape index (κ3) is 5.38. The Labute approximate surface area is 149 Å². The van der Waals surface area contributed by atoms with E-state index in [1.807, 2.05) is 0 Å². The number of amides is 1. The Morgan fingerprint density at radius 3 is 2.35 bits per heavy atom. The average molecular weight is 376 g/mol. The number of nitro benzene ring substituents is 1. The highest BCUT2D eigenvalue weighted by Gasteiger charge is 2.09. The molecule has 0 aromatic heterocycles. The van der Waals surface area contributed by atoms with Gasteiger partial charge in [0.05, 0.1) is 16.9 Å². The van der Waals surface area contributed by atoms with Gasteiger partial charge in [-0.1, -0.05) is 12.1 Å². The van der Waals surface area contributed by atoms with Crippen LogP contribution in [0.1, 0.15) is 22.8 Å². The molecule has 2 aromatic rings. The summed E-state index contributed by atoms with van der Waals surface area (Å²) >= 11 is 0. The van der Waals surface area contributed by atoms with Crippen molar-refractivity contribution in [3.8, 4) is 0 Å². The van der Waals surface area contributed by atoms with Crippen LogP contribution in [0.2, 0.25) is 0 Å². The molecule has 1 amide bonds. The van der Waals surface area contributed by atoms with E-state index in [0.717, 1.165) is 6.26 Å². The van der Waals surface area contributed by atoms with E-state index >= 15 is 0 Å². The van der Waals surface area contributed by atoms with Gasteiger partial charge in [0.25, 0.3) is 11.6 Å². The van der Waals surface area contributed by atoms with Gasteiger partial charge >= 0.3 is 0 Å². The molecule has 0 atom stereocenters. The molecule has 10 heteroatoms. The van der Waals surface area contributed by atoms with Gasteiger partial charge in [-0.2, -0.15) is 5.10 Å². The van der Waals surface area contributed by atoms with Gasteiger partial charge in [0.15, 0.2) is 0 Å². The second kappa shape index (κ2) is 7.74. The third-order valence-corrected chi connectivity index (χ3v) is 3.86. The van der Waals surface area contributed by atoms with E-state index in [1.165, 1.54) is 42.5 Å². The minimum Gasteiger partial charge on any atom is -0.284 e. The molecule has 2 rings (SSSR count). The number of carbonyl (C=O) groups excluding carboxylic acids is 1. The number of nitrogens with one attached hydrogen (secondary N) is 2. The Kier molecular flexibility index (Phi) is 5.68. The summed E-state index contributed by atoms with van der Waals surface area (Å²) in [5.74, 6) is -0.499. The Morgan fingerprint density at radius 1 is 1.12 bits per heavy atom. The normalized spacial score (nSPS) is 11.7. The van der Waals surface area contributed by atoms with Crippen molar-refractivity contribution in [2.45, 2.75) is 6.92 Å². The fraction of sp³-hybridized carbons (Fsp3) is 0.125. The van der Waals surface area contributed by atoms with Crippen LogP contribution in [0.5, 0.6) is 0 Å². The quantitative estimate of drug-likeness (QED) is 0.453. The molecule has 0 aliphatic carbocycles. The maximum Gasteiger partial charge on any atom is 0.271 e. The molecule has 136 valence electrons. The van der Waals surface area contributed by atoms with Crippen LogP contribution in [0, 0.1) is 10.1 Å². The van der Waals surface area contributed by atoms with Crippen LogP contribution < -0.4 is 10.1 Å². The summed E-state index contributed by atoms with van der Waals surface area (Å²) in [6.45, 7) is 1.61. The average Bonchev–Trinajstić information content (AvgIpc) is 2.58. The highest BCUT2D eigenvalue weighted by Crippen LogP contribution is 2.14. The zero-order valence-corrected chi connectivity index (χ0v) is 14.8. The monoisotopic (exact) mass is 376 g/mol. The standard InChI is InChI=1S/C16H16N4O5S/c1-11(13-4-3-5-15(10-13)20(22)23)17-18-16(21)12-6-8-14(9-7-12)19-26(2,24)25/h3-10,19H,1-2H3,(H,18,21)/b17-11+. The summed E-state index contributed by atoms with van der Waals surface area (Å²) in [6.07, 6.45) is 1.03. The lowest BCUT2D eigenvalue weighted by atomic mass is 10.1. The number of hydrazone groups is 1. The fourth-order valence-corrected chi connectivity index (χ4v) is 2.58. The van der Waals surface area contributed by atoms with Crippen molar-refractivity contribution < 1.29 is 18.1 Å². The molecule has 9 nitrogen and oxygen atoms in total. The largest absolute Gasteiger partial charge is 0.284 e. The number of benzene rings is 2. The van der Waals surface area contributed by atoms with Crippen molar-refractivity contribution in [3.63, 3.8) is 0 Å². The first kappa shape index (κ1) is 19.1. The maximum absolute atomic E-state index is 12.1. The molecule has 0 bridgehead atoms. The van der Waals surface area contributed by atoms with Gasteiger partial charge in [-0.25, -0.2) is 13.8 Å². The van der Waals surface area contributed by atoms with Crippen molar-refractivity contribution >= 4 is 33.0 Å². The first-order valence-corrected chi connectivity index (χ1v) is 9.22. The number of non-ortho nitro benzene ring substituents is 1. The Balaban J connectivity index is 2.08. The van der Waals surface area contributed by atoms with Crippen molar-refractivity contribution in [1.82, 2.24) is 5.43 Å². The number of hydrogen-bond acceptors (Lipinski definition) is 6. The van der Waals surface area contributed by atoms with E-state index < -0.39 is 20.9 Å². The molecule has 0 spiro atoms. The van der Waals surface area contributed by atoms with Gasteiger partial charge in [0, 0.05) is 28.9 Å². The molecule has 0 saturated carbocycles. The van der Waals surface area contributed by atoms with Gasteiger partial charge in [-0.05, 0) is 31.2 Å². The van der Waals surface area contributed by atoms with E-state index in [-0.39, 0.29) is 11.3 Å². The van der Waals surface area contributed by atoms with Crippen LogP contribution in [0.15, 0.2) is 53.6 Å². The molecule has 0 radical (unpaired) electrons. The second-order valence-corrected chi connectivity index (χ2v) is 7.15. The van der Waals surface area contributed by atoms with Gasteiger partial charge in [0.2, 0.25) is 10.0 Å². The predicted octanol–water partition coefficient (Wildman–Crippen LogP) is 2.12. The molecule has 0 fully saturated rings. The zero-order chi connectivity index (χ0) is 19.3. The van der Waals surface area contributed by atoms with Gasteiger partial charge in [-0.3, -0.25) is 19.6 Å². The van der Waals surface area contributed by atoms with Crippen LogP contribution in [-0.2, 0) is 10.0 Å². The molecule has 0 saturated heterocycles. The summed E-state index contributed by atoms with van der Waals surface area (Å²) in [6, 6.07) is 11.7. The second-order valence-electron chi connectivity index (χ2n) is 5.40. The van der Waals surface area contributed by atoms with Crippen LogP contribution in [0.25, 0.3) is 0 Å². The highest BCUT2D eigenvalue weighted by atomic mass is 32.2. The zero-order valence-electron chi connectivity index (χ0n) is 14.0. The van der Waals surface area contributed by atoms with Crippen molar-refractivity contribution in [2.75, 3.05) is 11.0 Å². The minimum atomic E-state index is -3.39. The van der Waals surface area contributed by atoms with E-state index in [1.54, 1.807) is 13.0 Å². The van der Waals surface area contributed by atoms with Gasteiger partial charge in [-0.15, -0.1) is 0 Å². The molecular weight excluding hydrogens is 360 g/mol. The van der Waals surface area contributed by atoms with Crippen molar-refractivity contribution in [1.29, 1.82) is 0 Å². The van der Waals surface area contributed by atoms with Crippen LogP contribution in [0.3, 0.4) is 0 Å². The van der Waals surface area contributed by atoms with Crippen molar-refractivity contribution in [2.24, 2.45) is 5.10 Å². The van der Waals surface area contributed by atoms with Gasteiger partial charge in [0.1, 0.15) is 0 Å². The molecule has 2 aromatic carbocycles. The van der Waals surface area contributed by atoms with E-state index in [2.05, 4.69) is 15.2 Å². The van der Waals surface area contributed by atoms with Crippen LogP contribution in [-0.4, -0.2) is 31.2 Å². The smallest absolute Gasteiger partial charge is 0.271 e. The first-order chi connectivity index (χ1) is 12.2. The topological polar surface area (TPSA) is 131 Å². The molecule has 0 aliphatic rings. The van der Waals surface area contributed by atoms with Crippen LogP contribution >= 0.6 is 0 Å². The highest BCUT2D eigenvalue weighted by molar-refractivity contribution is 7.92. The van der Waals surface area contributed by atoms with Gasteiger partial charge < -0.3 is 0 Å². The van der Waals surface area contributed by atoms with E-state index in [9.17, 15) is 23.3 Å². The lowest BCUT2D eigenvalue weighted by molar-refractivity contribution is -0.384. The summed E-state index contributed by atoms with van der Waals surface area (Å²) < 4.78 is 24.6. The minimum absolute atomic E-state index is 0.0719. The third-order valence-electron chi connectivity index (χ3n) is 3.25. The van der Waals surface area contributed by atoms with E-state index in [4.69, 9.17) is 0 Å². The first-order valence-electron chi connectivity index (χ1n) is 7.33. The number of nitro groups is 1. The maximum atomic E-state index is 12.1. The molecule has 2 N–H and O–H groups in total. The van der Waals surface area contributed by atoms with E-state index in [0.29, 0.717) is 17.0 Å². The number of carbonyl (C=O) groups is 1. The Bertz CT molecular complexity index is 968. The summed E-state index contributed by atoms with van der Waals surface area (Å²) in [4.78, 5) is 22.4. The number of sulfonamides is 1. The number of anilines is 1. The molecule has 0 aliphatic heterocycles. The molecule has 26 heavy (non-hydrogen) atoms. The molecule has 0 heterocycles. The number of rotatable bonds is 6. The lowest BCUT2D eigenvalue weighted by Crippen LogP contribution is -2.19. The SMILES string of the molecule is C/C(=N\NC(=O)c1ccc(NS(C)(=O)=O)cc1)c1cccc([N+](=O)[O-])c1. The van der Waals surface area contributed by atoms with Crippen molar-refractivity contribution in [3.05, 3.63) is 69.8 Å². The van der Waals surface area contributed by atoms with Crippen LogP contribution in [0.4, 0.5) is 11.4 Å². The summed E-state index contributed by atoms with van der Waals surface area (Å²) in [5, 5.41) is 14.7. The molecular formula is C16H16N4O5S. The summed E-state index contributed by atoms with van der Waals surface area (Å²) in [7, 11) is -3.39. The number of hydrogen-bond donors (Lipinski definition) is 2. The summed E-state index contributed by atoms with van der Waals surface area (Å²) in [5.41, 5.74) is 3.80. The molecule has 0 unspecified atom stereocenters. The Hall–Kier alpha value is -3.27. The number of nitrogens with zero attached hydrogens (tertiary/aromatic N) is 2. The fourth-order valence-electron chi connectivity index (χ4n) is 2.01.